The fourth-order valence-corrected chi connectivity index (χ4v) is 4.47. The van der Waals surface area contributed by atoms with Gasteiger partial charge in [0.05, 0.1) is 39.3 Å². The second-order valence-electron chi connectivity index (χ2n) is 8.12. The first kappa shape index (κ1) is 17.6. The summed E-state index contributed by atoms with van der Waals surface area (Å²) < 4.78 is 10.8. The van der Waals surface area contributed by atoms with Crippen LogP contribution in [-0.2, 0) is 11.3 Å². The molecule has 0 bridgehead atoms. The summed E-state index contributed by atoms with van der Waals surface area (Å²) in [5.41, 5.74) is 1.27. The zero-order valence-electron chi connectivity index (χ0n) is 15.8. The molecule has 1 amide bonds. The number of nitrogens with one attached hydrogen (secondary N) is 2. The first-order valence-corrected chi connectivity index (χ1v) is 10.0. The number of quaternary nitrogens is 2. The van der Waals surface area contributed by atoms with Gasteiger partial charge in [0.15, 0.2) is 18.0 Å². The van der Waals surface area contributed by atoms with E-state index in [1.165, 1.54) is 28.2 Å². The number of rotatable bonds is 4. The highest BCUT2D eigenvalue weighted by atomic mass is 16.7. The van der Waals surface area contributed by atoms with E-state index in [1.54, 1.807) is 0 Å². The second kappa shape index (κ2) is 7.84. The second-order valence-corrected chi connectivity index (χ2v) is 8.12. The summed E-state index contributed by atoms with van der Waals surface area (Å²) >= 11 is 0. The predicted molar refractivity (Wildman–Crippen MR) is 97.5 cm³/mol. The lowest BCUT2D eigenvalue weighted by Gasteiger charge is -2.34. The molecule has 0 saturated carbocycles. The van der Waals surface area contributed by atoms with Crippen LogP contribution in [0.1, 0.15) is 25.3 Å². The van der Waals surface area contributed by atoms with Gasteiger partial charge in [-0.2, -0.15) is 0 Å². The number of amides is 1. The number of piperidine rings is 1. The Hall–Kier alpha value is -1.79. The predicted octanol–water partition coefficient (Wildman–Crippen LogP) is -1.04. The Morgan fingerprint density at radius 1 is 1.15 bits per heavy atom. The molecule has 6 nitrogen and oxygen atoms in total. The standard InChI is InChI=1S/C20H29N3O3/c1-16-3-2-6-22(12-16)14-20(24)23-9-7-21(8-10-23)13-17-4-5-18-19(11-17)26-15-25-18/h4-5,11,16H,2-3,6-10,12-15H2,1H3/p+2/t16-/m1/s1. The van der Waals surface area contributed by atoms with Gasteiger partial charge in [0.25, 0.3) is 5.91 Å². The Bertz CT molecular complexity index is 643. The van der Waals surface area contributed by atoms with E-state index in [1.807, 2.05) is 6.07 Å². The molecule has 2 atom stereocenters. The van der Waals surface area contributed by atoms with Crippen LogP contribution in [0.5, 0.6) is 11.5 Å². The van der Waals surface area contributed by atoms with E-state index in [4.69, 9.17) is 9.47 Å². The van der Waals surface area contributed by atoms with Gasteiger partial charge in [-0.15, -0.1) is 0 Å². The summed E-state index contributed by atoms with van der Waals surface area (Å²) in [7, 11) is 0. The Morgan fingerprint density at radius 3 is 2.77 bits per heavy atom. The molecule has 2 saturated heterocycles. The molecule has 1 aromatic carbocycles. The zero-order valence-corrected chi connectivity index (χ0v) is 15.8. The number of ether oxygens (including phenoxy) is 2. The van der Waals surface area contributed by atoms with Crippen LogP contribution in [0.25, 0.3) is 0 Å². The molecule has 0 radical (unpaired) electrons. The average molecular weight is 361 g/mol. The highest BCUT2D eigenvalue weighted by Crippen LogP contribution is 2.32. The molecule has 2 fully saturated rings. The third-order valence-electron chi connectivity index (χ3n) is 5.98. The Morgan fingerprint density at radius 2 is 1.96 bits per heavy atom. The third-order valence-corrected chi connectivity index (χ3v) is 5.98. The van der Waals surface area contributed by atoms with Crippen molar-refractivity contribution in [1.82, 2.24) is 4.90 Å². The maximum Gasteiger partial charge on any atom is 0.278 e. The number of carbonyl (C=O) groups is 1. The van der Waals surface area contributed by atoms with Gasteiger partial charge in [-0.1, -0.05) is 6.92 Å². The van der Waals surface area contributed by atoms with Gasteiger partial charge < -0.3 is 24.2 Å². The number of nitrogens with zero attached hydrogens (tertiary/aromatic N) is 1. The molecule has 142 valence electrons. The van der Waals surface area contributed by atoms with Crippen LogP contribution in [0.15, 0.2) is 18.2 Å². The van der Waals surface area contributed by atoms with Crippen LogP contribution in [0.2, 0.25) is 0 Å². The van der Waals surface area contributed by atoms with Gasteiger partial charge in [0.1, 0.15) is 6.54 Å². The van der Waals surface area contributed by atoms with E-state index >= 15 is 0 Å². The molecule has 0 spiro atoms. The number of fused-ring (bicyclic) bond motifs is 1. The minimum Gasteiger partial charge on any atom is -0.454 e. The molecule has 1 aromatic rings. The van der Waals surface area contributed by atoms with Crippen molar-refractivity contribution in [3.8, 4) is 11.5 Å². The molecule has 2 N–H and O–H groups in total. The molecule has 3 heterocycles. The molecule has 0 aliphatic carbocycles. The summed E-state index contributed by atoms with van der Waals surface area (Å²) in [5.74, 6) is 2.80. The fraction of sp³-hybridized carbons (Fsp3) is 0.650. The average Bonchev–Trinajstić information content (AvgIpc) is 3.10. The number of likely N-dealkylation sites (tertiary alicyclic amines) is 1. The minimum atomic E-state index is 0.324. The molecule has 1 unspecified atom stereocenters. The lowest BCUT2D eigenvalue weighted by molar-refractivity contribution is -0.918. The SMILES string of the molecule is C[C@@H]1CCC[NH+](CC(=O)N2CC[NH+](Cc3ccc4c(c3)OCO4)CC2)C1. The normalized spacial score (nSPS) is 26.1. The molecule has 6 heteroatoms. The van der Waals surface area contributed by atoms with E-state index in [9.17, 15) is 4.79 Å². The van der Waals surface area contributed by atoms with Crippen molar-refractivity contribution < 1.29 is 24.1 Å². The van der Waals surface area contributed by atoms with Gasteiger partial charge >= 0.3 is 0 Å². The van der Waals surface area contributed by atoms with Crippen molar-refractivity contribution in [2.24, 2.45) is 5.92 Å². The van der Waals surface area contributed by atoms with E-state index in [-0.39, 0.29) is 0 Å². The van der Waals surface area contributed by atoms with Crippen LogP contribution in [0.3, 0.4) is 0 Å². The van der Waals surface area contributed by atoms with Gasteiger partial charge in [0.2, 0.25) is 6.79 Å². The maximum absolute atomic E-state index is 12.6. The lowest BCUT2D eigenvalue weighted by atomic mass is 10.0. The van der Waals surface area contributed by atoms with Crippen LogP contribution in [0, 0.1) is 5.92 Å². The number of benzene rings is 1. The molecule has 26 heavy (non-hydrogen) atoms. The third kappa shape index (κ3) is 4.13. The summed E-state index contributed by atoms with van der Waals surface area (Å²) in [6, 6.07) is 6.21. The monoisotopic (exact) mass is 361 g/mol. The number of piperazine rings is 1. The van der Waals surface area contributed by atoms with Crippen molar-refractivity contribution in [1.29, 1.82) is 0 Å². The molecule has 3 aliphatic rings. The highest BCUT2D eigenvalue weighted by Gasteiger charge is 2.28. The number of hydrogen-bond donors (Lipinski definition) is 2. The Kier molecular flexibility index (Phi) is 5.31. The van der Waals surface area contributed by atoms with Crippen molar-refractivity contribution in [3.05, 3.63) is 23.8 Å². The zero-order chi connectivity index (χ0) is 17.9. The van der Waals surface area contributed by atoms with Crippen molar-refractivity contribution in [2.45, 2.75) is 26.3 Å². The van der Waals surface area contributed by atoms with Crippen LogP contribution in [0.4, 0.5) is 0 Å². The van der Waals surface area contributed by atoms with E-state index in [0.29, 0.717) is 19.2 Å². The van der Waals surface area contributed by atoms with Crippen molar-refractivity contribution >= 4 is 5.91 Å². The quantitative estimate of drug-likeness (QED) is 0.720. The number of carbonyl (C=O) groups excluding carboxylic acids is 1. The lowest BCUT2D eigenvalue weighted by Crippen LogP contribution is -3.15. The molecular weight excluding hydrogens is 330 g/mol. The summed E-state index contributed by atoms with van der Waals surface area (Å²) in [6.45, 7) is 10.4. The summed E-state index contributed by atoms with van der Waals surface area (Å²) in [6.07, 6.45) is 2.58. The van der Waals surface area contributed by atoms with E-state index in [0.717, 1.165) is 63.2 Å². The topological polar surface area (TPSA) is 47.7 Å². The maximum atomic E-state index is 12.6. The summed E-state index contributed by atoms with van der Waals surface area (Å²) in [5, 5.41) is 0. The van der Waals surface area contributed by atoms with Crippen LogP contribution in [-0.4, -0.2) is 63.4 Å². The van der Waals surface area contributed by atoms with Crippen molar-refractivity contribution in [2.75, 3.05) is 52.6 Å². The minimum absolute atomic E-state index is 0.324. The van der Waals surface area contributed by atoms with Crippen molar-refractivity contribution in [3.63, 3.8) is 0 Å². The Balaban J connectivity index is 1.24. The largest absolute Gasteiger partial charge is 0.454 e. The molecular formula is C20H31N3O3+2. The van der Waals surface area contributed by atoms with Gasteiger partial charge in [-0.3, -0.25) is 4.79 Å². The molecule has 3 aliphatic heterocycles. The smallest absolute Gasteiger partial charge is 0.278 e. The number of hydrogen-bond acceptors (Lipinski definition) is 3. The Labute approximate surface area is 155 Å². The van der Waals surface area contributed by atoms with Gasteiger partial charge in [-0.25, -0.2) is 0 Å². The first-order valence-electron chi connectivity index (χ1n) is 10.0. The van der Waals surface area contributed by atoms with Gasteiger partial charge in [0, 0.05) is 11.5 Å². The first-order chi connectivity index (χ1) is 12.7. The molecule has 4 rings (SSSR count). The highest BCUT2D eigenvalue weighted by molar-refractivity contribution is 5.77. The van der Waals surface area contributed by atoms with Gasteiger partial charge in [-0.05, 0) is 31.0 Å². The fourth-order valence-electron chi connectivity index (χ4n) is 4.47. The van der Waals surface area contributed by atoms with E-state index < -0.39 is 0 Å². The van der Waals surface area contributed by atoms with Crippen LogP contribution < -0.4 is 19.3 Å². The summed E-state index contributed by atoms with van der Waals surface area (Å²) in [4.78, 5) is 17.7. The van der Waals surface area contributed by atoms with Crippen LogP contribution >= 0.6 is 0 Å². The molecule has 0 aromatic heterocycles. The van der Waals surface area contributed by atoms with E-state index in [2.05, 4.69) is 24.0 Å².